The van der Waals surface area contributed by atoms with Crippen molar-refractivity contribution in [2.24, 2.45) is 5.73 Å². The summed E-state index contributed by atoms with van der Waals surface area (Å²) in [5.74, 6) is 0. The van der Waals surface area contributed by atoms with Crippen molar-refractivity contribution in [3.8, 4) is 0 Å². The first-order chi connectivity index (χ1) is 5.81. The normalized spacial score (nSPS) is 13.2. The fourth-order valence-electron chi connectivity index (χ4n) is 1.14. The molecule has 1 atom stereocenters. The molecule has 0 fully saturated rings. The zero-order chi connectivity index (χ0) is 9.23. The molecule has 0 aliphatic heterocycles. The Bertz CT molecular complexity index is 88.6. The van der Waals surface area contributed by atoms with Gasteiger partial charge in [0.2, 0.25) is 0 Å². The van der Waals surface area contributed by atoms with Crippen LogP contribution in [-0.2, 0) is 0 Å². The number of rotatable bonds is 8. The summed E-state index contributed by atoms with van der Waals surface area (Å²) in [4.78, 5) is 0. The zero-order valence-corrected chi connectivity index (χ0v) is 7.71. The molecule has 1 unspecified atom stereocenters. The second-order valence-corrected chi connectivity index (χ2v) is 3.22. The first-order valence-corrected chi connectivity index (χ1v) is 4.78. The van der Waals surface area contributed by atoms with Crippen molar-refractivity contribution < 1.29 is 10.2 Å². The summed E-state index contributed by atoms with van der Waals surface area (Å²) in [6, 6.07) is -0.0390. The Balaban J connectivity index is 2.90. The van der Waals surface area contributed by atoms with Crippen LogP contribution in [0.1, 0.15) is 38.5 Å². The second-order valence-electron chi connectivity index (χ2n) is 3.22. The third kappa shape index (κ3) is 7.98. The van der Waals surface area contributed by atoms with Crippen molar-refractivity contribution in [3.63, 3.8) is 0 Å². The van der Waals surface area contributed by atoms with Gasteiger partial charge in [0.15, 0.2) is 0 Å². The van der Waals surface area contributed by atoms with E-state index in [-0.39, 0.29) is 12.6 Å². The van der Waals surface area contributed by atoms with Crippen LogP contribution >= 0.6 is 0 Å². The van der Waals surface area contributed by atoms with Gasteiger partial charge in [0.05, 0.1) is 6.61 Å². The van der Waals surface area contributed by atoms with E-state index in [1.807, 2.05) is 0 Å². The smallest absolute Gasteiger partial charge is 0.0582 e. The van der Waals surface area contributed by atoms with Gasteiger partial charge < -0.3 is 15.9 Å². The predicted molar refractivity (Wildman–Crippen MR) is 49.8 cm³/mol. The molecule has 12 heavy (non-hydrogen) atoms. The van der Waals surface area contributed by atoms with Crippen molar-refractivity contribution >= 4 is 0 Å². The molecule has 0 saturated heterocycles. The highest BCUT2D eigenvalue weighted by molar-refractivity contribution is 4.58. The quantitative estimate of drug-likeness (QED) is 0.474. The van der Waals surface area contributed by atoms with E-state index in [1.54, 1.807) is 0 Å². The van der Waals surface area contributed by atoms with Gasteiger partial charge in [-0.2, -0.15) is 0 Å². The topological polar surface area (TPSA) is 66.5 Å². The van der Waals surface area contributed by atoms with Crippen LogP contribution in [0.3, 0.4) is 0 Å². The maximum atomic E-state index is 8.62. The van der Waals surface area contributed by atoms with Gasteiger partial charge in [-0.25, -0.2) is 0 Å². The second kappa shape index (κ2) is 8.97. The van der Waals surface area contributed by atoms with Crippen LogP contribution in [0.5, 0.6) is 0 Å². The number of hydrogen-bond donors (Lipinski definition) is 3. The van der Waals surface area contributed by atoms with Gasteiger partial charge in [-0.15, -0.1) is 0 Å². The number of unbranched alkanes of at least 4 members (excludes halogenated alkanes) is 4. The molecule has 0 aliphatic carbocycles. The molecule has 0 rings (SSSR count). The van der Waals surface area contributed by atoms with Crippen molar-refractivity contribution in [2.75, 3.05) is 13.2 Å². The molecule has 3 nitrogen and oxygen atoms in total. The van der Waals surface area contributed by atoms with E-state index >= 15 is 0 Å². The zero-order valence-electron chi connectivity index (χ0n) is 7.71. The summed E-state index contributed by atoms with van der Waals surface area (Å²) in [5, 5.41) is 17.1. The fourth-order valence-corrected chi connectivity index (χ4v) is 1.14. The Kier molecular flexibility index (Phi) is 8.88. The highest BCUT2D eigenvalue weighted by Crippen LogP contribution is 2.05. The molecular weight excluding hydrogens is 154 g/mol. The van der Waals surface area contributed by atoms with Gasteiger partial charge in [0.1, 0.15) is 0 Å². The standard InChI is InChI=1S/C9H21NO2/c10-9(8-12)6-4-2-1-3-5-7-11/h9,11-12H,1-8,10H2. The highest BCUT2D eigenvalue weighted by Gasteiger charge is 1.98. The summed E-state index contributed by atoms with van der Waals surface area (Å²) in [6.07, 6.45) is 6.34. The van der Waals surface area contributed by atoms with Gasteiger partial charge in [-0.05, 0) is 12.8 Å². The van der Waals surface area contributed by atoms with Gasteiger partial charge in [0.25, 0.3) is 0 Å². The first-order valence-electron chi connectivity index (χ1n) is 4.78. The molecule has 0 amide bonds. The molecule has 0 heterocycles. The van der Waals surface area contributed by atoms with Gasteiger partial charge in [0, 0.05) is 12.6 Å². The molecule has 0 saturated carbocycles. The maximum absolute atomic E-state index is 8.62. The van der Waals surface area contributed by atoms with Crippen LogP contribution in [0.25, 0.3) is 0 Å². The lowest BCUT2D eigenvalue weighted by Gasteiger charge is -2.06. The number of nitrogens with two attached hydrogens (primary N) is 1. The van der Waals surface area contributed by atoms with E-state index in [2.05, 4.69) is 0 Å². The summed E-state index contributed by atoms with van der Waals surface area (Å²) < 4.78 is 0. The first kappa shape index (κ1) is 11.9. The molecule has 0 aliphatic rings. The van der Waals surface area contributed by atoms with Gasteiger partial charge in [-0.1, -0.05) is 25.7 Å². The number of hydrogen-bond acceptors (Lipinski definition) is 3. The van der Waals surface area contributed by atoms with E-state index in [9.17, 15) is 0 Å². The molecular formula is C9H21NO2. The van der Waals surface area contributed by atoms with Gasteiger partial charge in [-0.3, -0.25) is 0 Å². The molecule has 0 aromatic rings. The molecule has 0 radical (unpaired) electrons. The third-order valence-corrected chi connectivity index (χ3v) is 1.97. The molecule has 0 spiro atoms. The fraction of sp³-hybridized carbons (Fsp3) is 1.00. The van der Waals surface area contributed by atoms with Crippen LogP contribution in [0.4, 0.5) is 0 Å². The minimum atomic E-state index is -0.0390. The number of aliphatic hydroxyl groups is 2. The van der Waals surface area contributed by atoms with E-state index in [1.165, 1.54) is 6.42 Å². The maximum Gasteiger partial charge on any atom is 0.0582 e. The number of aliphatic hydroxyl groups excluding tert-OH is 2. The summed E-state index contributed by atoms with van der Waals surface area (Å²) in [5.41, 5.74) is 5.52. The van der Waals surface area contributed by atoms with E-state index in [4.69, 9.17) is 15.9 Å². The van der Waals surface area contributed by atoms with E-state index in [0.717, 1.165) is 32.1 Å². The third-order valence-electron chi connectivity index (χ3n) is 1.97. The Labute approximate surface area is 74.6 Å². The van der Waals surface area contributed by atoms with E-state index in [0.29, 0.717) is 6.61 Å². The minimum Gasteiger partial charge on any atom is -0.396 e. The Hall–Kier alpha value is -0.120. The van der Waals surface area contributed by atoms with Crippen molar-refractivity contribution in [1.82, 2.24) is 0 Å². The summed E-state index contributed by atoms with van der Waals surface area (Å²) in [6.45, 7) is 0.396. The van der Waals surface area contributed by atoms with Crippen LogP contribution in [0.15, 0.2) is 0 Å². The predicted octanol–water partition coefficient (Wildman–Crippen LogP) is 0.639. The largest absolute Gasteiger partial charge is 0.396 e. The Morgan fingerprint density at radius 1 is 0.917 bits per heavy atom. The Morgan fingerprint density at radius 2 is 1.50 bits per heavy atom. The monoisotopic (exact) mass is 175 g/mol. The van der Waals surface area contributed by atoms with Crippen LogP contribution in [-0.4, -0.2) is 29.5 Å². The highest BCUT2D eigenvalue weighted by atomic mass is 16.3. The SMILES string of the molecule is NC(CO)CCCCCCCO. The van der Waals surface area contributed by atoms with Crippen LogP contribution in [0, 0.1) is 0 Å². The molecule has 0 bridgehead atoms. The lowest BCUT2D eigenvalue weighted by Crippen LogP contribution is -2.23. The molecule has 4 N–H and O–H groups in total. The average molecular weight is 175 g/mol. The van der Waals surface area contributed by atoms with Crippen molar-refractivity contribution in [2.45, 2.75) is 44.6 Å². The van der Waals surface area contributed by atoms with Gasteiger partial charge >= 0.3 is 0 Å². The lowest BCUT2D eigenvalue weighted by molar-refractivity contribution is 0.256. The Morgan fingerprint density at radius 3 is 2.08 bits per heavy atom. The lowest BCUT2D eigenvalue weighted by atomic mass is 10.1. The summed E-state index contributed by atoms with van der Waals surface area (Å²) in [7, 11) is 0. The van der Waals surface area contributed by atoms with E-state index < -0.39 is 0 Å². The van der Waals surface area contributed by atoms with Crippen LogP contribution < -0.4 is 5.73 Å². The molecule has 0 aromatic carbocycles. The molecule has 74 valence electrons. The molecule has 3 heteroatoms. The van der Waals surface area contributed by atoms with Crippen molar-refractivity contribution in [3.05, 3.63) is 0 Å². The average Bonchev–Trinajstić information content (AvgIpc) is 2.10. The minimum absolute atomic E-state index is 0.0390. The van der Waals surface area contributed by atoms with Crippen LogP contribution in [0.2, 0.25) is 0 Å². The molecule has 0 aromatic heterocycles. The summed E-state index contributed by atoms with van der Waals surface area (Å²) >= 11 is 0. The van der Waals surface area contributed by atoms with Crippen molar-refractivity contribution in [1.29, 1.82) is 0 Å².